The average molecular weight is 378 g/mol. The van der Waals surface area contributed by atoms with E-state index in [1.165, 1.54) is 17.5 Å². The van der Waals surface area contributed by atoms with Crippen LogP contribution < -0.4 is 15.0 Å². The molecule has 5 heteroatoms. The SMILES string of the molecule is CCCOc1ccc(N2C[C@@H](C(=O)Nc3ccc4c(c3)CCC4)CC2=O)cc1. The van der Waals surface area contributed by atoms with Crippen LogP contribution in [-0.4, -0.2) is 25.0 Å². The lowest BCUT2D eigenvalue weighted by Crippen LogP contribution is -2.28. The highest BCUT2D eigenvalue weighted by Gasteiger charge is 2.35. The van der Waals surface area contributed by atoms with Gasteiger partial charge in [0.25, 0.3) is 0 Å². The van der Waals surface area contributed by atoms with Crippen molar-refractivity contribution in [3.8, 4) is 5.75 Å². The fraction of sp³-hybridized carbons (Fsp3) is 0.391. The normalized spacial score (nSPS) is 18.2. The molecule has 1 N–H and O–H groups in total. The van der Waals surface area contributed by atoms with E-state index in [0.29, 0.717) is 13.2 Å². The molecule has 2 aromatic carbocycles. The fourth-order valence-electron chi connectivity index (χ4n) is 3.97. The average Bonchev–Trinajstić information content (AvgIpc) is 3.33. The number of carbonyl (C=O) groups excluding carboxylic acids is 2. The number of benzene rings is 2. The van der Waals surface area contributed by atoms with Crippen molar-refractivity contribution in [3.05, 3.63) is 53.6 Å². The van der Waals surface area contributed by atoms with Crippen molar-refractivity contribution in [1.82, 2.24) is 0 Å². The number of aryl methyl sites for hydroxylation is 2. The summed E-state index contributed by atoms with van der Waals surface area (Å²) in [6.07, 6.45) is 4.57. The Labute approximate surface area is 165 Å². The third-order valence-electron chi connectivity index (χ3n) is 5.48. The Hall–Kier alpha value is -2.82. The zero-order valence-electron chi connectivity index (χ0n) is 16.2. The van der Waals surface area contributed by atoms with Crippen LogP contribution in [0.15, 0.2) is 42.5 Å². The van der Waals surface area contributed by atoms with E-state index < -0.39 is 0 Å². The minimum absolute atomic E-state index is 0.0173. The first-order valence-corrected chi connectivity index (χ1v) is 10.1. The van der Waals surface area contributed by atoms with Gasteiger partial charge in [-0.05, 0) is 73.2 Å². The predicted molar refractivity (Wildman–Crippen MR) is 110 cm³/mol. The molecule has 5 nitrogen and oxygen atoms in total. The highest BCUT2D eigenvalue weighted by molar-refractivity contribution is 6.03. The molecule has 146 valence electrons. The number of ether oxygens (including phenoxy) is 1. The zero-order chi connectivity index (χ0) is 19.5. The van der Waals surface area contributed by atoms with E-state index in [1.807, 2.05) is 30.3 Å². The maximum atomic E-state index is 12.7. The van der Waals surface area contributed by atoms with Crippen molar-refractivity contribution >= 4 is 23.2 Å². The maximum Gasteiger partial charge on any atom is 0.229 e. The number of nitrogens with zero attached hydrogens (tertiary/aromatic N) is 1. The second kappa shape index (κ2) is 8.05. The molecule has 0 unspecified atom stereocenters. The first-order chi connectivity index (χ1) is 13.6. The molecule has 1 aliphatic carbocycles. The number of amides is 2. The Morgan fingerprint density at radius 2 is 1.93 bits per heavy atom. The van der Waals surface area contributed by atoms with Crippen LogP contribution in [0.1, 0.15) is 37.3 Å². The number of nitrogens with one attached hydrogen (secondary N) is 1. The molecule has 0 spiro atoms. The smallest absolute Gasteiger partial charge is 0.229 e. The van der Waals surface area contributed by atoms with E-state index in [1.54, 1.807) is 4.90 Å². The molecule has 1 fully saturated rings. The van der Waals surface area contributed by atoms with Crippen LogP contribution in [0.4, 0.5) is 11.4 Å². The Balaban J connectivity index is 1.39. The van der Waals surface area contributed by atoms with Gasteiger partial charge >= 0.3 is 0 Å². The van der Waals surface area contributed by atoms with E-state index in [0.717, 1.165) is 36.4 Å². The number of rotatable bonds is 6. The van der Waals surface area contributed by atoms with Crippen molar-refractivity contribution in [2.45, 2.75) is 39.0 Å². The fourth-order valence-corrected chi connectivity index (χ4v) is 3.97. The molecule has 1 heterocycles. The lowest BCUT2D eigenvalue weighted by Gasteiger charge is -2.17. The molecule has 2 aliphatic rings. The third kappa shape index (κ3) is 3.88. The van der Waals surface area contributed by atoms with Gasteiger partial charge in [0.1, 0.15) is 5.75 Å². The number of anilines is 2. The highest BCUT2D eigenvalue weighted by Crippen LogP contribution is 2.29. The van der Waals surface area contributed by atoms with Crippen LogP contribution >= 0.6 is 0 Å². The molecule has 1 aliphatic heterocycles. The monoisotopic (exact) mass is 378 g/mol. The van der Waals surface area contributed by atoms with Gasteiger partial charge in [-0.3, -0.25) is 9.59 Å². The summed E-state index contributed by atoms with van der Waals surface area (Å²) >= 11 is 0. The Morgan fingerprint density at radius 1 is 1.14 bits per heavy atom. The second-order valence-electron chi connectivity index (χ2n) is 7.57. The zero-order valence-corrected chi connectivity index (χ0v) is 16.2. The summed E-state index contributed by atoms with van der Waals surface area (Å²) < 4.78 is 5.59. The van der Waals surface area contributed by atoms with Crippen LogP contribution in [0.25, 0.3) is 0 Å². The standard InChI is InChI=1S/C23H26N2O3/c1-2-12-28-21-10-8-20(9-11-21)25-15-18(14-22(25)26)23(27)24-19-7-6-16-4-3-5-17(16)13-19/h6-11,13,18H,2-5,12,14-15H2,1H3,(H,24,27)/t18-/m0/s1. The van der Waals surface area contributed by atoms with Crippen LogP contribution in [-0.2, 0) is 22.4 Å². The van der Waals surface area contributed by atoms with Gasteiger partial charge in [0.15, 0.2) is 0 Å². The Bertz CT molecular complexity index is 876. The van der Waals surface area contributed by atoms with Gasteiger partial charge < -0.3 is 15.0 Å². The topological polar surface area (TPSA) is 58.6 Å². The summed E-state index contributed by atoms with van der Waals surface area (Å²) in [6, 6.07) is 13.6. The van der Waals surface area contributed by atoms with Crippen LogP contribution in [0.5, 0.6) is 5.75 Å². The van der Waals surface area contributed by atoms with Crippen molar-refractivity contribution in [2.75, 3.05) is 23.4 Å². The molecule has 4 rings (SSSR count). The molecule has 2 amide bonds. The van der Waals surface area contributed by atoms with E-state index >= 15 is 0 Å². The molecule has 0 aromatic heterocycles. The van der Waals surface area contributed by atoms with Gasteiger partial charge in [0.2, 0.25) is 11.8 Å². The molecule has 1 saturated heterocycles. The van der Waals surface area contributed by atoms with Gasteiger partial charge in [-0.15, -0.1) is 0 Å². The van der Waals surface area contributed by atoms with Crippen molar-refractivity contribution in [2.24, 2.45) is 5.92 Å². The largest absolute Gasteiger partial charge is 0.494 e. The summed E-state index contributed by atoms with van der Waals surface area (Å²) in [6.45, 7) is 3.14. The van der Waals surface area contributed by atoms with Gasteiger partial charge in [-0.2, -0.15) is 0 Å². The first-order valence-electron chi connectivity index (χ1n) is 10.1. The van der Waals surface area contributed by atoms with Crippen molar-refractivity contribution in [1.29, 1.82) is 0 Å². The van der Waals surface area contributed by atoms with E-state index in [9.17, 15) is 9.59 Å². The molecule has 0 saturated carbocycles. The maximum absolute atomic E-state index is 12.7. The number of fused-ring (bicyclic) bond motifs is 1. The van der Waals surface area contributed by atoms with Gasteiger partial charge in [-0.25, -0.2) is 0 Å². The molecule has 0 radical (unpaired) electrons. The van der Waals surface area contributed by atoms with Crippen molar-refractivity contribution in [3.63, 3.8) is 0 Å². The minimum atomic E-state index is -0.336. The summed E-state index contributed by atoms with van der Waals surface area (Å²) in [5.74, 6) is 0.355. The number of carbonyl (C=O) groups is 2. The molecular formula is C23H26N2O3. The summed E-state index contributed by atoms with van der Waals surface area (Å²) in [5.41, 5.74) is 4.34. The molecule has 0 bridgehead atoms. The van der Waals surface area contributed by atoms with E-state index in [4.69, 9.17) is 4.74 Å². The minimum Gasteiger partial charge on any atom is -0.494 e. The third-order valence-corrected chi connectivity index (χ3v) is 5.48. The number of hydrogen-bond donors (Lipinski definition) is 1. The highest BCUT2D eigenvalue weighted by atomic mass is 16.5. The molecule has 28 heavy (non-hydrogen) atoms. The van der Waals surface area contributed by atoms with Crippen LogP contribution in [0, 0.1) is 5.92 Å². The van der Waals surface area contributed by atoms with E-state index in [2.05, 4.69) is 24.4 Å². The Morgan fingerprint density at radius 3 is 2.71 bits per heavy atom. The lowest BCUT2D eigenvalue weighted by atomic mass is 10.1. The second-order valence-corrected chi connectivity index (χ2v) is 7.57. The van der Waals surface area contributed by atoms with Crippen molar-refractivity contribution < 1.29 is 14.3 Å². The van der Waals surface area contributed by atoms with Crippen LogP contribution in [0.3, 0.4) is 0 Å². The Kier molecular flexibility index (Phi) is 5.33. The summed E-state index contributed by atoms with van der Waals surface area (Å²) in [4.78, 5) is 26.9. The predicted octanol–water partition coefficient (Wildman–Crippen LogP) is 3.96. The molecular weight excluding hydrogens is 352 g/mol. The molecule has 2 aromatic rings. The van der Waals surface area contributed by atoms with Gasteiger partial charge in [0, 0.05) is 24.3 Å². The molecule has 1 atom stereocenters. The summed E-state index contributed by atoms with van der Waals surface area (Å²) in [7, 11) is 0. The first kappa shape index (κ1) is 18.5. The van der Waals surface area contributed by atoms with Crippen LogP contribution in [0.2, 0.25) is 0 Å². The van der Waals surface area contributed by atoms with E-state index in [-0.39, 0.29) is 24.2 Å². The lowest BCUT2D eigenvalue weighted by molar-refractivity contribution is -0.122. The van der Waals surface area contributed by atoms with Gasteiger partial charge in [0.05, 0.1) is 12.5 Å². The van der Waals surface area contributed by atoms with Gasteiger partial charge in [-0.1, -0.05) is 13.0 Å². The quantitative estimate of drug-likeness (QED) is 0.828. The number of hydrogen-bond acceptors (Lipinski definition) is 3. The summed E-state index contributed by atoms with van der Waals surface area (Å²) in [5, 5.41) is 3.00.